The van der Waals surface area contributed by atoms with Crippen molar-refractivity contribution in [1.29, 1.82) is 0 Å². The molecule has 2 aromatic carbocycles. The highest BCUT2D eigenvalue weighted by molar-refractivity contribution is 6.30. The van der Waals surface area contributed by atoms with E-state index in [9.17, 15) is 19.8 Å². The molecule has 142 valence electrons. The molecule has 0 spiro atoms. The van der Waals surface area contributed by atoms with Crippen LogP contribution in [0.5, 0.6) is 11.6 Å². The molecule has 1 unspecified atom stereocenters. The van der Waals surface area contributed by atoms with Gasteiger partial charge >= 0.3 is 5.69 Å². The van der Waals surface area contributed by atoms with Gasteiger partial charge in [-0.3, -0.25) is 9.78 Å². The van der Waals surface area contributed by atoms with E-state index in [0.717, 1.165) is 10.1 Å². The van der Waals surface area contributed by atoms with E-state index in [-0.39, 0.29) is 17.4 Å². The van der Waals surface area contributed by atoms with Gasteiger partial charge in [0.05, 0.1) is 17.4 Å². The first-order chi connectivity index (χ1) is 13.4. The first-order valence-corrected chi connectivity index (χ1v) is 8.77. The summed E-state index contributed by atoms with van der Waals surface area (Å²) in [6.07, 6.45) is 0.320. The van der Waals surface area contributed by atoms with Crippen LogP contribution in [0, 0.1) is 0 Å². The van der Waals surface area contributed by atoms with E-state index in [1.807, 2.05) is 0 Å². The zero-order valence-corrected chi connectivity index (χ0v) is 15.1. The number of aromatic hydroxyl groups is 2. The highest BCUT2D eigenvalue weighted by atomic mass is 35.5. The molecule has 1 aliphatic rings. The summed E-state index contributed by atoms with van der Waals surface area (Å²) < 4.78 is 0.990. The van der Waals surface area contributed by atoms with Gasteiger partial charge in [0.25, 0.3) is 5.56 Å². The molecule has 28 heavy (non-hydrogen) atoms. The van der Waals surface area contributed by atoms with Gasteiger partial charge in [-0.05, 0) is 42.0 Å². The number of aromatic nitrogens is 2. The summed E-state index contributed by atoms with van der Waals surface area (Å²) in [5.74, 6) is -0.352. The van der Waals surface area contributed by atoms with Gasteiger partial charge in [-0.1, -0.05) is 23.7 Å². The number of hydrogen-bond acceptors (Lipinski definition) is 6. The Balaban J connectivity index is 1.73. The number of rotatable bonds is 3. The van der Waals surface area contributed by atoms with Crippen molar-refractivity contribution in [2.75, 3.05) is 0 Å². The standard InChI is InChI=1S/C19H15ClN4O4/c20-11-3-5-12(6-4-11)24-18(27)16(17(26)21-19(24)28)15-9-14(22-23-15)10-1-7-13(25)8-2-10/h1-8,14,22,25,27H,9H2,(H,21,26,28). The van der Waals surface area contributed by atoms with Crippen LogP contribution in [0.1, 0.15) is 23.6 Å². The third-order valence-corrected chi connectivity index (χ3v) is 4.76. The average molecular weight is 399 g/mol. The minimum atomic E-state index is -0.768. The van der Waals surface area contributed by atoms with Gasteiger partial charge in [0, 0.05) is 11.4 Å². The fourth-order valence-corrected chi connectivity index (χ4v) is 3.24. The topological polar surface area (TPSA) is 120 Å². The van der Waals surface area contributed by atoms with Crippen LogP contribution in [0.4, 0.5) is 0 Å². The van der Waals surface area contributed by atoms with Gasteiger partial charge < -0.3 is 15.6 Å². The van der Waals surface area contributed by atoms with E-state index in [1.165, 1.54) is 0 Å². The Morgan fingerprint density at radius 3 is 2.39 bits per heavy atom. The Bertz CT molecular complexity index is 1180. The number of benzene rings is 2. The Morgan fingerprint density at radius 2 is 1.71 bits per heavy atom. The predicted molar refractivity (Wildman–Crippen MR) is 104 cm³/mol. The lowest BCUT2D eigenvalue weighted by Crippen LogP contribution is -2.33. The number of phenols is 1. The Labute approximate surface area is 163 Å². The third kappa shape index (κ3) is 3.14. The number of H-pyrrole nitrogens is 1. The maximum absolute atomic E-state index is 12.4. The summed E-state index contributed by atoms with van der Waals surface area (Å²) in [5.41, 5.74) is 2.87. The van der Waals surface area contributed by atoms with Crippen LogP contribution >= 0.6 is 11.6 Å². The van der Waals surface area contributed by atoms with Crippen LogP contribution < -0.4 is 16.7 Å². The molecule has 3 aromatic rings. The van der Waals surface area contributed by atoms with Crippen molar-refractivity contribution in [3.05, 3.63) is 85.5 Å². The second kappa shape index (κ2) is 6.90. The number of nitrogens with one attached hydrogen (secondary N) is 2. The molecule has 0 bridgehead atoms. The van der Waals surface area contributed by atoms with Gasteiger partial charge in [0.2, 0.25) is 5.88 Å². The number of phenolic OH excluding ortho intramolecular Hbond substituents is 1. The molecule has 0 fully saturated rings. The maximum Gasteiger partial charge on any atom is 0.335 e. The fourth-order valence-electron chi connectivity index (χ4n) is 3.11. The predicted octanol–water partition coefficient (Wildman–Crippen LogP) is 2.03. The molecule has 8 nitrogen and oxygen atoms in total. The first-order valence-electron chi connectivity index (χ1n) is 8.39. The smallest absolute Gasteiger partial charge is 0.335 e. The van der Waals surface area contributed by atoms with Gasteiger partial charge in [-0.2, -0.15) is 5.10 Å². The van der Waals surface area contributed by atoms with E-state index in [2.05, 4.69) is 15.5 Å². The molecule has 0 saturated carbocycles. The zero-order chi connectivity index (χ0) is 19.8. The van der Waals surface area contributed by atoms with Crippen LogP contribution in [-0.2, 0) is 0 Å². The van der Waals surface area contributed by atoms with Crippen LogP contribution in [0.2, 0.25) is 5.02 Å². The van der Waals surface area contributed by atoms with Crippen molar-refractivity contribution in [3.63, 3.8) is 0 Å². The number of hydrogen-bond donors (Lipinski definition) is 4. The van der Waals surface area contributed by atoms with Crippen LogP contribution in [0.3, 0.4) is 0 Å². The van der Waals surface area contributed by atoms with E-state index in [4.69, 9.17) is 11.6 Å². The van der Waals surface area contributed by atoms with Crippen molar-refractivity contribution in [2.24, 2.45) is 5.10 Å². The van der Waals surface area contributed by atoms with Crippen LogP contribution in [0.25, 0.3) is 5.69 Å². The summed E-state index contributed by atoms with van der Waals surface area (Å²) in [6.45, 7) is 0. The van der Waals surface area contributed by atoms with Crippen molar-refractivity contribution in [2.45, 2.75) is 12.5 Å². The molecule has 1 atom stereocenters. The fraction of sp³-hybridized carbons (Fsp3) is 0.105. The number of hydrazone groups is 1. The molecular weight excluding hydrogens is 384 g/mol. The maximum atomic E-state index is 12.4. The van der Waals surface area contributed by atoms with Gasteiger partial charge in [0.1, 0.15) is 11.3 Å². The molecule has 2 heterocycles. The highest BCUT2D eigenvalue weighted by Crippen LogP contribution is 2.28. The zero-order valence-electron chi connectivity index (χ0n) is 14.4. The Hall–Kier alpha value is -3.52. The molecule has 1 aromatic heterocycles. The molecule has 9 heteroatoms. The minimum absolute atomic E-state index is 0.0803. The van der Waals surface area contributed by atoms with Crippen LogP contribution in [0.15, 0.2) is 63.2 Å². The highest BCUT2D eigenvalue weighted by Gasteiger charge is 2.27. The second-order valence-electron chi connectivity index (χ2n) is 6.31. The van der Waals surface area contributed by atoms with Crippen molar-refractivity contribution >= 4 is 17.3 Å². The summed E-state index contributed by atoms with van der Waals surface area (Å²) >= 11 is 5.87. The number of halogens is 1. The van der Waals surface area contributed by atoms with E-state index in [1.54, 1.807) is 48.5 Å². The van der Waals surface area contributed by atoms with Crippen molar-refractivity contribution < 1.29 is 10.2 Å². The quantitative estimate of drug-likeness (QED) is 0.538. The molecule has 0 saturated heterocycles. The summed E-state index contributed by atoms with van der Waals surface area (Å²) in [7, 11) is 0. The van der Waals surface area contributed by atoms with Crippen molar-refractivity contribution in [1.82, 2.24) is 15.0 Å². The summed E-state index contributed by atoms with van der Waals surface area (Å²) in [4.78, 5) is 26.9. The lowest BCUT2D eigenvalue weighted by atomic mass is 10.00. The second-order valence-corrected chi connectivity index (χ2v) is 6.74. The average Bonchev–Trinajstić information content (AvgIpc) is 3.13. The summed E-state index contributed by atoms with van der Waals surface area (Å²) in [6, 6.07) is 12.6. The molecule has 0 amide bonds. The van der Waals surface area contributed by atoms with Crippen LogP contribution in [-0.4, -0.2) is 25.5 Å². The Kier molecular flexibility index (Phi) is 4.40. The third-order valence-electron chi connectivity index (χ3n) is 4.51. The Morgan fingerprint density at radius 1 is 1.04 bits per heavy atom. The molecule has 1 aliphatic heterocycles. The van der Waals surface area contributed by atoms with Gasteiger partial charge in [-0.25, -0.2) is 9.36 Å². The SMILES string of the molecule is O=c1[nH]c(=O)n(-c2ccc(Cl)cc2)c(O)c1C1=NNC(c2ccc(O)cc2)C1. The lowest BCUT2D eigenvalue weighted by molar-refractivity contribution is 0.429. The van der Waals surface area contributed by atoms with E-state index >= 15 is 0 Å². The summed E-state index contributed by atoms with van der Waals surface area (Å²) in [5, 5.41) is 24.8. The van der Waals surface area contributed by atoms with Gasteiger partial charge in [0.15, 0.2) is 0 Å². The number of aromatic amines is 1. The first kappa shape index (κ1) is 17.9. The normalized spacial score (nSPS) is 15.9. The van der Waals surface area contributed by atoms with Gasteiger partial charge in [-0.15, -0.1) is 0 Å². The minimum Gasteiger partial charge on any atom is -0.508 e. The molecular formula is C19H15ClN4O4. The molecule has 0 aliphatic carbocycles. The largest absolute Gasteiger partial charge is 0.508 e. The molecule has 0 radical (unpaired) electrons. The van der Waals surface area contributed by atoms with E-state index < -0.39 is 17.1 Å². The molecule has 4 rings (SSSR count). The monoisotopic (exact) mass is 398 g/mol. The molecule has 4 N–H and O–H groups in total. The number of nitrogens with zero attached hydrogens (tertiary/aromatic N) is 2. The lowest BCUT2D eigenvalue weighted by Gasteiger charge is -2.12. The van der Waals surface area contributed by atoms with E-state index in [0.29, 0.717) is 22.8 Å². The van der Waals surface area contributed by atoms with Crippen molar-refractivity contribution in [3.8, 4) is 17.3 Å².